The molecule has 0 fully saturated rings. The highest BCUT2D eigenvalue weighted by Crippen LogP contribution is 2.18. The highest BCUT2D eigenvalue weighted by molar-refractivity contribution is 6.13. The van der Waals surface area contributed by atoms with Crippen molar-refractivity contribution in [1.29, 1.82) is 0 Å². The number of hydrogen-bond acceptors (Lipinski definition) is 2. The molecule has 0 saturated carbocycles. The predicted octanol–water partition coefficient (Wildman–Crippen LogP) is 3.13. The van der Waals surface area contributed by atoms with Crippen LogP contribution in [0.15, 0.2) is 59.7 Å². The van der Waals surface area contributed by atoms with Crippen molar-refractivity contribution in [2.75, 3.05) is 0 Å². The summed E-state index contributed by atoms with van der Waals surface area (Å²) in [6, 6.07) is 18.0. The van der Waals surface area contributed by atoms with E-state index in [2.05, 4.69) is 11.2 Å². The minimum absolute atomic E-state index is 0.0605. The number of benzene rings is 2. The van der Waals surface area contributed by atoms with Gasteiger partial charge < -0.3 is 0 Å². The molecule has 3 heteroatoms. The molecule has 1 aliphatic rings. The molecule has 20 heavy (non-hydrogen) atoms. The third-order valence-corrected chi connectivity index (χ3v) is 3.37. The molecule has 0 radical (unpaired) electrons. The minimum Gasteiger partial charge on any atom is -0.272 e. The molecule has 1 aliphatic heterocycles. The minimum atomic E-state index is 0.0605. The molecule has 0 N–H and O–H groups in total. The van der Waals surface area contributed by atoms with Crippen LogP contribution in [-0.2, 0) is 11.3 Å². The van der Waals surface area contributed by atoms with Crippen molar-refractivity contribution < 1.29 is 4.79 Å². The molecule has 100 valence electrons. The Labute approximate surface area is 118 Å². The van der Waals surface area contributed by atoms with Crippen LogP contribution in [-0.4, -0.2) is 16.6 Å². The van der Waals surface area contributed by atoms with Crippen molar-refractivity contribution in [2.45, 2.75) is 19.9 Å². The molecular formula is C17H16N2O. The zero-order valence-corrected chi connectivity index (χ0v) is 11.4. The zero-order chi connectivity index (χ0) is 13.9. The normalized spacial score (nSPS) is 14.6. The highest BCUT2D eigenvalue weighted by atomic mass is 16.2. The van der Waals surface area contributed by atoms with E-state index in [1.807, 2.05) is 55.5 Å². The molecule has 0 atom stereocenters. The highest BCUT2D eigenvalue weighted by Gasteiger charge is 2.24. The zero-order valence-electron chi connectivity index (χ0n) is 11.4. The van der Waals surface area contributed by atoms with Crippen LogP contribution < -0.4 is 0 Å². The molecule has 0 saturated heterocycles. The summed E-state index contributed by atoms with van der Waals surface area (Å²) in [4.78, 5) is 12.1. The van der Waals surface area contributed by atoms with Gasteiger partial charge in [0, 0.05) is 0 Å². The Balaban J connectivity index is 1.81. The van der Waals surface area contributed by atoms with Gasteiger partial charge in [-0.25, -0.2) is 5.01 Å². The van der Waals surface area contributed by atoms with E-state index in [1.165, 1.54) is 5.56 Å². The van der Waals surface area contributed by atoms with Gasteiger partial charge in [0.1, 0.15) is 0 Å². The summed E-state index contributed by atoms with van der Waals surface area (Å²) in [7, 11) is 0. The van der Waals surface area contributed by atoms with E-state index < -0.39 is 0 Å². The van der Waals surface area contributed by atoms with Gasteiger partial charge in [-0.2, -0.15) is 5.10 Å². The summed E-state index contributed by atoms with van der Waals surface area (Å²) < 4.78 is 0. The second-order valence-corrected chi connectivity index (χ2v) is 5.03. The maximum Gasteiger partial charge on any atom is 0.249 e. The molecule has 1 amide bonds. The van der Waals surface area contributed by atoms with E-state index in [-0.39, 0.29) is 5.91 Å². The van der Waals surface area contributed by atoms with Crippen LogP contribution in [0.4, 0.5) is 0 Å². The van der Waals surface area contributed by atoms with Crippen molar-refractivity contribution in [3.8, 4) is 0 Å². The third-order valence-electron chi connectivity index (χ3n) is 3.37. The van der Waals surface area contributed by atoms with Gasteiger partial charge in [-0.15, -0.1) is 0 Å². The standard InChI is InChI=1S/C17H16N2O/c1-13-6-5-7-14(10-13)12-19-17(20)11-16(18-19)15-8-3-2-4-9-15/h2-10H,11-12H2,1H3. The van der Waals surface area contributed by atoms with Crippen LogP contribution in [0.5, 0.6) is 0 Å². The Morgan fingerprint density at radius 1 is 1.10 bits per heavy atom. The van der Waals surface area contributed by atoms with Gasteiger partial charge in [0.05, 0.1) is 18.7 Å². The van der Waals surface area contributed by atoms with Gasteiger partial charge in [0.25, 0.3) is 0 Å². The van der Waals surface area contributed by atoms with E-state index in [0.717, 1.165) is 16.8 Å². The summed E-state index contributed by atoms with van der Waals surface area (Å²) >= 11 is 0. The van der Waals surface area contributed by atoms with E-state index in [4.69, 9.17) is 0 Å². The molecule has 2 aromatic carbocycles. The van der Waals surface area contributed by atoms with Gasteiger partial charge in [0.2, 0.25) is 5.91 Å². The fourth-order valence-corrected chi connectivity index (χ4v) is 2.37. The Morgan fingerprint density at radius 3 is 2.65 bits per heavy atom. The molecule has 0 aromatic heterocycles. The second-order valence-electron chi connectivity index (χ2n) is 5.03. The van der Waals surface area contributed by atoms with Gasteiger partial charge in [-0.3, -0.25) is 4.79 Å². The second kappa shape index (κ2) is 5.29. The first-order valence-electron chi connectivity index (χ1n) is 6.71. The Kier molecular flexibility index (Phi) is 3.33. The first-order chi connectivity index (χ1) is 9.72. The number of hydrazone groups is 1. The lowest BCUT2D eigenvalue weighted by molar-refractivity contribution is -0.129. The molecule has 0 bridgehead atoms. The molecule has 0 spiro atoms. The molecule has 0 aliphatic carbocycles. The largest absolute Gasteiger partial charge is 0.272 e. The fraction of sp³-hybridized carbons (Fsp3) is 0.176. The van der Waals surface area contributed by atoms with E-state index >= 15 is 0 Å². The van der Waals surface area contributed by atoms with Crippen LogP contribution in [0.1, 0.15) is 23.1 Å². The van der Waals surface area contributed by atoms with Crippen molar-refractivity contribution in [1.82, 2.24) is 5.01 Å². The number of hydrogen-bond donors (Lipinski definition) is 0. The SMILES string of the molecule is Cc1cccc(CN2N=C(c3ccccc3)CC2=O)c1. The van der Waals surface area contributed by atoms with E-state index in [9.17, 15) is 4.79 Å². The van der Waals surface area contributed by atoms with Crippen LogP contribution in [0.3, 0.4) is 0 Å². The van der Waals surface area contributed by atoms with Crippen molar-refractivity contribution in [3.63, 3.8) is 0 Å². The quantitative estimate of drug-likeness (QED) is 0.838. The third kappa shape index (κ3) is 2.62. The summed E-state index contributed by atoms with van der Waals surface area (Å²) in [6.07, 6.45) is 0.385. The Hall–Kier alpha value is -2.42. The monoisotopic (exact) mass is 264 g/mol. The van der Waals surface area contributed by atoms with Crippen LogP contribution in [0, 0.1) is 6.92 Å². The lowest BCUT2D eigenvalue weighted by Gasteiger charge is -2.11. The number of carbonyl (C=O) groups is 1. The van der Waals surface area contributed by atoms with Crippen molar-refractivity contribution >= 4 is 11.6 Å². The Morgan fingerprint density at radius 2 is 1.90 bits per heavy atom. The summed E-state index contributed by atoms with van der Waals surface area (Å²) in [5, 5.41) is 6.03. The van der Waals surface area contributed by atoms with Gasteiger partial charge in [0.15, 0.2) is 0 Å². The number of rotatable bonds is 3. The number of aryl methyl sites for hydroxylation is 1. The molecule has 3 nitrogen and oxygen atoms in total. The maximum atomic E-state index is 12.1. The summed E-state index contributed by atoms with van der Waals surface area (Å²) in [6.45, 7) is 2.59. The first kappa shape index (κ1) is 12.6. The maximum absolute atomic E-state index is 12.1. The van der Waals surface area contributed by atoms with Gasteiger partial charge in [-0.05, 0) is 18.1 Å². The topological polar surface area (TPSA) is 32.7 Å². The lowest BCUT2D eigenvalue weighted by atomic mass is 10.1. The van der Waals surface area contributed by atoms with Crippen molar-refractivity contribution in [3.05, 3.63) is 71.3 Å². The molecule has 1 heterocycles. The lowest BCUT2D eigenvalue weighted by Crippen LogP contribution is -2.20. The predicted molar refractivity (Wildman–Crippen MR) is 79.3 cm³/mol. The molecule has 3 rings (SSSR count). The molecular weight excluding hydrogens is 248 g/mol. The van der Waals surface area contributed by atoms with Gasteiger partial charge >= 0.3 is 0 Å². The average molecular weight is 264 g/mol. The van der Waals surface area contributed by atoms with Crippen LogP contribution >= 0.6 is 0 Å². The molecule has 2 aromatic rings. The van der Waals surface area contributed by atoms with Crippen LogP contribution in [0.25, 0.3) is 0 Å². The summed E-state index contributed by atoms with van der Waals surface area (Å²) in [5.41, 5.74) is 4.17. The Bertz CT molecular complexity index is 662. The smallest absolute Gasteiger partial charge is 0.249 e. The number of carbonyl (C=O) groups excluding carboxylic acids is 1. The number of amides is 1. The van der Waals surface area contributed by atoms with E-state index in [0.29, 0.717) is 13.0 Å². The first-order valence-corrected chi connectivity index (χ1v) is 6.71. The van der Waals surface area contributed by atoms with Gasteiger partial charge in [-0.1, -0.05) is 60.2 Å². The average Bonchev–Trinajstić information content (AvgIpc) is 2.81. The van der Waals surface area contributed by atoms with Crippen LogP contribution in [0.2, 0.25) is 0 Å². The fourth-order valence-electron chi connectivity index (χ4n) is 2.37. The number of nitrogens with zero attached hydrogens (tertiary/aromatic N) is 2. The van der Waals surface area contributed by atoms with E-state index in [1.54, 1.807) is 5.01 Å². The van der Waals surface area contributed by atoms with Crippen molar-refractivity contribution in [2.24, 2.45) is 5.10 Å². The molecule has 0 unspecified atom stereocenters. The summed E-state index contributed by atoms with van der Waals surface area (Å²) in [5.74, 6) is 0.0605.